The largest absolute Gasteiger partial charge is 0.231 e. The Hall–Kier alpha value is -8.34. The van der Waals surface area contributed by atoms with Gasteiger partial charge < -0.3 is 0 Å². The van der Waals surface area contributed by atoms with Gasteiger partial charge in [0.1, 0.15) is 22.1 Å². The molecule has 12 bridgehead atoms. The smallest absolute Gasteiger partial charge is 0.115 e. The van der Waals surface area contributed by atoms with Crippen LogP contribution in [0.1, 0.15) is 0 Å². The highest BCUT2D eigenvalue weighted by Crippen LogP contribution is 2.06. The summed E-state index contributed by atoms with van der Waals surface area (Å²) >= 11 is 0. The van der Waals surface area contributed by atoms with Gasteiger partial charge in [-0.3, -0.25) is 0 Å². The number of benzene rings is 4. The zero-order valence-electron chi connectivity index (χ0n) is 27.6. The Kier molecular flexibility index (Phi) is 10.0. The third-order valence-corrected chi connectivity index (χ3v) is 7.24. The SMILES string of the molecule is c1c#cc2cccc(c#cc3cccc(c#cc4cccc(c#cc#cc5cccc(c#cc6cccc(c#cc7cccc(c#1)c7)n6)c5)c4)n3)c2. The summed E-state index contributed by atoms with van der Waals surface area (Å²) in [7, 11) is 0. The molecule has 0 spiro atoms. The molecule has 2 nitrogen and oxygen atoms in total. The Morgan fingerprint density at radius 3 is 0.692 bits per heavy atom. The Balaban J connectivity index is 1.33. The molecule has 0 amide bonds. The minimum atomic E-state index is 0.624. The van der Waals surface area contributed by atoms with Crippen LogP contribution in [0.5, 0.6) is 0 Å². The lowest BCUT2D eigenvalue weighted by atomic mass is 10.2. The molecule has 4 aromatic carbocycles. The van der Waals surface area contributed by atoms with Crippen molar-refractivity contribution < 1.29 is 0 Å². The normalized spacial score (nSPS) is 9.08. The molecule has 7 rings (SSSR count). The average Bonchev–Trinajstić information content (AvgIpc) is 3.19. The topological polar surface area (TPSA) is 25.8 Å². The van der Waals surface area contributed by atoms with Crippen molar-refractivity contribution in [3.8, 4) is 0 Å². The third-order valence-electron chi connectivity index (χ3n) is 7.24. The van der Waals surface area contributed by atoms with E-state index in [1.807, 2.05) is 133 Å². The van der Waals surface area contributed by atoms with E-state index in [1.54, 1.807) is 0 Å². The van der Waals surface area contributed by atoms with Crippen molar-refractivity contribution >= 4 is 65.2 Å². The van der Waals surface area contributed by atoms with E-state index in [0.717, 1.165) is 43.1 Å². The highest BCUT2D eigenvalue weighted by molar-refractivity contribution is 5.67. The maximum atomic E-state index is 4.62. The van der Waals surface area contributed by atoms with E-state index in [0.29, 0.717) is 22.1 Å². The van der Waals surface area contributed by atoms with Crippen LogP contribution in [0.4, 0.5) is 0 Å². The minimum absolute atomic E-state index is 0.624. The van der Waals surface area contributed by atoms with Gasteiger partial charge in [0, 0.05) is 43.1 Å². The van der Waals surface area contributed by atoms with Crippen LogP contribution >= 0.6 is 0 Å². The number of pyridine rings is 2. The first-order chi connectivity index (χ1) is 25.7. The lowest BCUT2D eigenvalue weighted by molar-refractivity contribution is 1.48. The van der Waals surface area contributed by atoms with E-state index < -0.39 is 0 Å². The quantitative estimate of drug-likeness (QED) is 0.163. The summed E-state index contributed by atoms with van der Waals surface area (Å²) in [6.45, 7) is 0. The summed E-state index contributed by atoms with van der Waals surface area (Å²) in [6, 6.07) is 91.7. The zero-order valence-corrected chi connectivity index (χ0v) is 27.6. The Morgan fingerprint density at radius 2 is 0.442 bits per heavy atom. The molecule has 0 aliphatic heterocycles. The molecular weight excluding hydrogens is 629 g/mol. The molecule has 0 fully saturated rings. The van der Waals surface area contributed by atoms with Gasteiger partial charge in [0.25, 0.3) is 0 Å². The second kappa shape index (κ2) is 16.2. The van der Waals surface area contributed by atoms with Crippen LogP contribution in [0.2, 0.25) is 0 Å². The van der Waals surface area contributed by atoms with Crippen molar-refractivity contribution in [3.05, 3.63) is 231 Å². The van der Waals surface area contributed by atoms with Crippen molar-refractivity contribution in [2.45, 2.75) is 0 Å². The number of hydrogen-bond donors (Lipinski definition) is 0. The highest BCUT2D eigenvalue weighted by Gasteiger charge is 1.87. The van der Waals surface area contributed by atoms with Crippen LogP contribution in [0, 0.1) is 97.1 Å². The van der Waals surface area contributed by atoms with Gasteiger partial charge in [-0.2, -0.15) is 0 Å². The van der Waals surface area contributed by atoms with Gasteiger partial charge in [-0.05, 0) is 146 Å². The van der Waals surface area contributed by atoms with Crippen LogP contribution in [0.15, 0.2) is 133 Å². The number of nitrogens with zero attached hydrogens (tertiary/aromatic N) is 2. The molecule has 0 N–H and O–H groups in total. The zero-order chi connectivity index (χ0) is 35.2. The molecule has 2 heteroatoms. The molecule has 0 saturated carbocycles. The molecule has 3 aromatic heterocycles. The summed E-state index contributed by atoms with van der Waals surface area (Å²) in [6.07, 6.45) is 0. The molecule has 3 heterocycles. The van der Waals surface area contributed by atoms with Crippen LogP contribution < -0.4 is 0 Å². The molecule has 0 saturated heterocycles. The average molecular weight is 651 g/mol. The fourth-order valence-electron chi connectivity index (χ4n) is 4.81. The summed E-state index contributed by atoms with van der Waals surface area (Å²) in [5, 5.41) is 6.56. The Bertz CT molecular complexity index is 2390. The van der Waals surface area contributed by atoms with Crippen molar-refractivity contribution in [1.29, 1.82) is 0 Å². The molecule has 232 valence electrons. The summed E-state index contributed by atoms with van der Waals surface area (Å²) in [5.41, 5.74) is 2.50. The van der Waals surface area contributed by atoms with Gasteiger partial charge in [-0.25, -0.2) is 9.97 Å². The van der Waals surface area contributed by atoms with Gasteiger partial charge in [-0.1, -0.05) is 84.9 Å². The molecule has 0 aliphatic carbocycles. The Morgan fingerprint density at radius 1 is 0.231 bits per heavy atom. The second-order valence-electron chi connectivity index (χ2n) is 11.1. The lowest BCUT2D eigenvalue weighted by Crippen LogP contribution is -1.70. The van der Waals surface area contributed by atoms with Crippen LogP contribution in [-0.4, -0.2) is 9.97 Å². The number of rotatable bonds is 0. The van der Waals surface area contributed by atoms with Crippen molar-refractivity contribution in [2.24, 2.45) is 0 Å². The number of fused-ring (bicyclic) bond motifs is 12. The minimum Gasteiger partial charge on any atom is -0.231 e. The first kappa shape index (κ1) is 32.2. The monoisotopic (exact) mass is 650 g/mol. The standard InChI is InChI=1S/C50H22N2/c1-2-12-40-16-6-20-44(36-40)28-32-48-24-10-26-50(52-48)34-30-46-22-8-18-42(38-46)14-4-3-13-41-17-7-21-45(37-41)29-33-49-25-9-23-47(51-49)31-27-43-19-5-15-39(11-1)35-43/h5-10,15-26,35-38H. The maximum absolute atomic E-state index is 4.62. The van der Waals surface area contributed by atoms with Crippen molar-refractivity contribution in [2.75, 3.05) is 0 Å². The second-order valence-corrected chi connectivity index (χ2v) is 11.1. The van der Waals surface area contributed by atoms with E-state index >= 15 is 0 Å². The molecule has 7 aromatic rings. The van der Waals surface area contributed by atoms with Gasteiger partial charge in [-0.15, -0.1) is 0 Å². The van der Waals surface area contributed by atoms with Crippen LogP contribution in [-0.2, 0) is 0 Å². The summed E-state index contributed by atoms with van der Waals surface area (Å²) < 4.78 is 0. The first-order valence-electron chi connectivity index (χ1n) is 16.2. The van der Waals surface area contributed by atoms with E-state index in [2.05, 4.69) is 107 Å². The number of hydrogen-bond acceptors (Lipinski definition) is 2. The third kappa shape index (κ3) is 9.39. The summed E-state index contributed by atoms with van der Waals surface area (Å²) in [4.78, 5) is 9.23. The fraction of sp³-hybridized carbons (Fsp3) is 0. The van der Waals surface area contributed by atoms with E-state index in [-0.39, 0.29) is 0 Å². The van der Waals surface area contributed by atoms with Crippen molar-refractivity contribution in [1.82, 2.24) is 9.97 Å². The van der Waals surface area contributed by atoms with Gasteiger partial charge in [0.15, 0.2) is 0 Å². The molecule has 0 atom stereocenters. The summed E-state index contributed by atoms with van der Waals surface area (Å²) in [5.74, 6) is 0. The van der Waals surface area contributed by atoms with E-state index in [9.17, 15) is 0 Å². The molecule has 0 unspecified atom stereocenters. The molecular formula is C50H22N2. The van der Waals surface area contributed by atoms with E-state index in [4.69, 9.17) is 0 Å². The molecule has 52 heavy (non-hydrogen) atoms. The van der Waals surface area contributed by atoms with Gasteiger partial charge in [0.05, 0.1) is 0 Å². The van der Waals surface area contributed by atoms with Crippen LogP contribution in [0.25, 0.3) is 65.2 Å². The number of aromatic nitrogens is 2. The highest BCUT2D eigenvalue weighted by atomic mass is 14.7. The molecule has 0 radical (unpaired) electrons. The predicted molar refractivity (Wildman–Crippen MR) is 205 cm³/mol. The predicted octanol–water partition coefficient (Wildman–Crippen LogP) is 10.4. The van der Waals surface area contributed by atoms with Crippen molar-refractivity contribution in [3.63, 3.8) is 0 Å². The van der Waals surface area contributed by atoms with Gasteiger partial charge in [0.2, 0.25) is 0 Å². The lowest BCUT2D eigenvalue weighted by Gasteiger charge is -1.85. The first-order valence-corrected chi connectivity index (χ1v) is 16.2. The van der Waals surface area contributed by atoms with Gasteiger partial charge >= 0.3 is 0 Å². The Labute approximate surface area is 304 Å². The fourth-order valence-corrected chi connectivity index (χ4v) is 4.81. The molecule has 0 aliphatic rings. The van der Waals surface area contributed by atoms with Crippen LogP contribution in [0.3, 0.4) is 0 Å². The maximum Gasteiger partial charge on any atom is 0.115 e. The van der Waals surface area contributed by atoms with E-state index in [1.165, 1.54) is 0 Å².